The van der Waals surface area contributed by atoms with Crippen LogP contribution in [0.25, 0.3) is 5.69 Å². The van der Waals surface area contributed by atoms with Crippen molar-refractivity contribution in [2.24, 2.45) is 0 Å². The molecule has 1 saturated carbocycles. The van der Waals surface area contributed by atoms with E-state index in [0.717, 1.165) is 18.5 Å². The fourth-order valence-corrected chi connectivity index (χ4v) is 3.15. The van der Waals surface area contributed by atoms with E-state index in [1.54, 1.807) is 7.11 Å². The van der Waals surface area contributed by atoms with Gasteiger partial charge in [-0.2, -0.15) is 5.26 Å². The van der Waals surface area contributed by atoms with Crippen molar-refractivity contribution < 1.29 is 4.74 Å². The highest BCUT2D eigenvalue weighted by molar-refractivity contribution is 5.52. The van der Waals surface area contributed by atoms with Crippen molar-refractivity contribution in [1.82, 2.24) is 15.0 Å². The number of hydrogen-bond acceptors (Lipinski definition) is 5. The van der Waals surface area contributed by atoms with Crippen LogP contribution in [0.4, 0.5) is 5.82 Å². The topological polar surface area (TPSA) is 67.0 Å². The summed E-state index contributed by atoms with van der Waals surface area (Å²) in [4.78, 5) is 3.60. The second kappa shape index (κ2) is 6.69. The van der Waals surface area contributed by atoms with Crippen LogP contribution in [0, 0.1) is 11.3 Å². The highest BCUT2D eigenvalue weighted by Gasteiger charge is 2.24. The molecule has 0 radical (unpaired) electrons. The van der Waals surface area contributed by atoms with Crippen molar-refractivity contribution in [3.05, 3.63) is 30.0 Å². The van der Waals surface area contributed by atoms with E-state index in [1.165, 1.54) is 24.1 Å². The maximum atomic E-state index is 9.43. The van der Waals surface area contributed by atoms with Crippen molar-refractivity contribution >= 4 is 5.82 Å². The molecule has 1 aliphatic rings. The van der Waals surface area contributed by atoms with Crippen LogP contribution in [0.3, 0.4) is 0 Å². The minimum Gasteiger partial charge on any atom is -0.494 e. The molecule has 1 aliphatic carbocycles. The molecule has 6 nitrogen and oxygen atoms in total. The molecule has 23 heavy (non-hydrogen) atoms. The summed E-state index contributed by atoms with van der Waals surface area (Å²) in [6, 6.07) is 10.1. The standard InChI is InChI=1S/C17H21N5O/c1-21(13-8-4-3-5-9-13)17-14(12-18)19-22(20-17)15-10-6-7-11-16(15)23-2/h6-7,10-11,13H,3-5,8-9H2,1-2H3. The van der Waals surface area contributed by atoms with Gasteiger partial charge >= 0.3 is 0 Å². The summed E-state index contributed by atoms with van der Waals surface area (Å²) in [5.41, 5.74) is 1.08. The van der Waals surface area contributed by atoms with Gasteiger partial charge in [-0.3, -0.25) is 0 Å². The van der Waals surface area contributed by atoms with Crippen LogP contribution in [-0.2, 0) is 0 Å². The summed E-state index contributed by atoms with van der Waals surface area (Å²) in [6.07, 6.45) is 6.05. The average Bonchev–Trinajstić information content (AvgIpc) is 3.06. The zero-order valence-electron chi connectivity index (χ0n) is 13.6. The Morgan fingerprint density at radius 2 is 1.96 bits per heavy atom. The maximum absolute atomic E-state index is 9.43. The fraction of sp³-hybridized carbons (Fsp3) is 0.471. The Morgan fingerprint density at radius 3 is 2.65 bits per heavy atom. The summed E-state index contributed by atoms with van der Waals surface area (Å²) in [5, 5.41) is 18.3. The highest BCUT2D eigenvalue weighted by Crippen LogP contribution is 2.28. The zero-order valence-corrected chi connectivity index (χ0v) is 13.6. The first-order chi connectivity index (χ1) is 11.2. The molecular weight excluding hydrogens is 290 g/mol. The lowest BCUT2D eigenvalue weighted by Crippen LogP contribution is -2.34. The molecule has 120 valence electrons. The second-order valence-electron chi connectivity index (χ2n) is 5.85. The van der Waals surface area contributed by atoms with Gasteiger partial charge in [0.25, 0.3) is 0 Å². The molecule has 1 heterocycles. The molecule has 1 aromatic carbocycles. The van der Waals surface area contributed by atoms with E-state index in [4.69, 9.17) is 4.74 Å². The van der Waals surface area contributed by atoms with Crippen LogP contribution < -0.4 is 9.64 Å². The van der Waals surface area contributed by atoms with E-state index < -0.39 is 0 Å². The lowest BCUT2D eigenvalue weighted by Gasteiger charge is -2.31. The molecule has 0 unspecified atom stereocenters. The molecule has 3 rings (SSSR count). The number of aromatic nitrogens is 3. The van der Waals surface area contributed by atoms with Crippen LogP contribution in [0.2, 0.25) is 0 Å². The minimum atomic E-state index is 0.351. The van der Waals surface area contributed by atoms with Gasteiger partial charge in [0.15, 0.2) is 5.82 Å². The SMILES string of the molecule is COc1ccccc1-n1nc(C#N)c(N(C)C2CCCCC2)n1. The van der Waals surface area contributed by atoms with Gasteiger partial charge in [-0.25, -0.2) is 0 Å². The molecule has 0 atom stereocenters. The van der Waals surface area contributed by atoms with Gasteiger partial charge in [-0.05, 0) is 25.0 Å². The van der Waals surface area contributed by atoms with Gasteiger partial charge in [-0.15, -0.1) is 15.0 Å². The van der Waals surface area contributed by atoms with Crippen LogP contribution in [0.1, 0.15) is 37.8 Å². The quantitative estimate of drug-likeness (QED) is 0.868. The molecule has 1 fully saturated rings. The molecule has 0 saturated heterocycles. The van der Waals surface area contributed by atoms with Crippen LogP contribution in [-0.4, -0.2) is 35.2 Å². The smallest absolute Gasteiger partial charge is 0.207 e. The van der Waals surface area contributed by atoms with E-state index in [9.17, 15) is 5.26 Å². The second-order valence-corrected chi connectivity index (χ2v) is 5.85. The summed E-state index contributed by atoms with van der Waals surface area (Å²) in [7, 11) is 3.62. The summed E-state index contributed by atoms with van der Waals surface area (Å²) >= 11 is 0. The maximum Gasteiger partial charge on any atom is 0.207 e. The van der Waals surface area contributed by atoms with E-state index >= 15 is 0 Å². The molecule has 1 aromatic heterocycles. The largest absolute Gasteiger partial charge is 0.494 e. The summed E-state index contributed by atoms with van der Waals surface area (Å²) < 4.78 is 5.36. The number of anilines is 1. The van der Waals surface area contributed by atoms with Gasteiger partial charge in [0.2, 0.25) is 5.69 Å². The normalized spacial score (nSPS) is 15.2. The number of nitrogens with zero attached hydrogens (tertiary/aromatic N) is 5. The monoisotopic (exact) mass is 311 g/mol. The van der Waals surface area contributed by atoms with Gasteiger partial charge in [0.1, 0.15) is 17.5 Å². The Kier molecular flexibility index (Phi) is 4.47. The highest BCUT2D eigenvalue weighted by atomic mass is 16.5. The molecule has 0 aliphatic heterocycles. The first-order valence-electron chi connectivity index (χ1n) is 7.98. The van der Waals surface area contributed by atoms with Crippen LogP contribution >= 0.6 is 0 Å². The number of hydrogen-bond donors (Lipinski definition) is 0. The third-order valence-electron chi connectivity index (χ3n) is 4.46. The van der Waals surface area contributed by atoms with Crippen molar-refractivity contribution in [1.29, 1.82) is 5.26 Å². The fourth-order valence-electron chi connectivity index (χ4n) is 3.15. The van der Waals surface area contributed by atoms with Crippen molar-refractivity contribution in [3.8, 4) is 17.5 Å². The van der Waals surface area contributed by atoms with E-state index in [-0.39, 0.29) is 0 Å². The summed E-state index contributed by atoms with van der Waals surface area (Å²) in [6.45, 7) is 0. The molecule has 6 heteroatoms. The number of ether oxygens (including phenoxy) is 1. The molecule has 0 bridgehead atoms. The molecular formula is C17H21N5O. The lowest BCUT2D eigenvalue weighted by atomic mass is 9.94. The van der Waals surface area contributed by atoms with Gasteiger partial charge in [0.05, 0.1) is 7.11 Å². The average molecular weight is 311 g/mol. The molecule has 0 spiro atoms. The van der Waals surface area contributed by atoms with Crippen molar-refractivity contribution in [2.75, 3.05) is 19.1 Å². The Hall–Kier alpha value is -2.55. The molecule has 2 aromatic rings. The first-order valence-corrected chi connectivity index (χ1v) is 7.98. The lowest BCUT2D eigenvalue weighted by molar-refractivity contribution is 0.409. The Balaban J connectivity index is 1.96. The predicted octanol–water partition coefficient (Wildman–Crippen LogP) is 2.92. The minimum absolute atomic E-state index is 0.351. The van der Waals surface area contributed by atoms with Crippen LogP contribution in [0.15, 0.2) is 24.3 Å². The summed E-state index contributed by atoms with van der Waals surface area (Å²) in [5.74, 6) is 1.32. The van der Waals surface area contributed by atoms with Crippen molar-refractivity contribution in [3.63, 3.8) is 0 Å². The number of benzene rings is 1. The molecule has 0 amide bonds. The van der Waals surface area contributed by atoms with E-state index in [1.807, 2.05) is 31.3 Å². The number of methoxy groups -OCH3 is 1. The third kappa shape index (κ3) is 3.00. The molecule has 0 N–H and O–H groups in total. The van der Waals surface area contributed by atoms with Gasteiger partial charge in [-0.1, -0.05) is 31.4 Å². The Labute approximate surface area is 136 Å². The van der Waals surface area contributed by atoms with Gasteiger partial charge in [0, 0.05) is 13.1 Å². The Morgan fingerprint density at radius 1 is 1.22 bits per heavy atom. The zero-order chi connectivity index (χ0) is 16.2. The first kappa shape index (κ1) is 15.3. The third-order valence-corrected chi connectivity index (χ3v) is 4.46. The van der Waals surface area contributed by atoms with Crippen molar-refractivity contribution in [2.45, 2.75) is 38.1 Å². The number of para-hydroxylation sites is 2. The Bertz CT molecular complexity index is 712. The van der Waals surface area contributed by atoms with Crippen LogP contribution in [0.5, 0.6) is 5.75 Å². The van der Waals surface area contributed by atoms with E-state index in [0.29, 0.717) is 23.3 Å². The number of nitriles is 1. The predicted molar refractivity (Wildman–Crippen MR) is 87.9 cm³/mol. The van der Waals surface area contributed by atoms with E-state index in [2.05, 4.69) is 21.2 Å². The van der Waals surface area contributed by atoms with Gasteiger partial charge < -0.3 is 9.64 Å². The number of rotatable bonds is 4.